The van der Waals surface area contributed by atoms with Crippen molar-refractivity contribution in [3.63, 3.8) is 0 Å². The Morgan fingerprint density at radius 2 is 1.92 bits per heavy atom. The van der Waals surface area contributed by atoms with E-state index in [2.05, 4.69) is 39.6 Å². The summed E-state index contributed by atoms with van der Waals surface area (Å²) in [6.07, 6.45) is 0. The molecule has 0 amide bonds. The highest BCUT2D eigenvalue weighted by Crippen LogP contribution is 2.24. The summed E-state index contributed by atoms with van der Waals surface area (Å²) >= 11 is 0. The molecule has 0 aliphatic carbocycles. The fourth-order valence-corrected chi connectivity index (χ4v) is 2.14. The van der Waals surface area contributed by atoms with Gasteiger partial charge in [0.2, 0.25) is 0 Å². The van der Waals surface area contributed by atoms with E-state index in [9.17, 15) is 0 Å². The van der Waals surface area contributed by atoms with Gasteiger partial charge in [-0.3, -0.25) is 0 Å². The van der Waals surface area contributed by atoms with E-state index >= 15 is 0 Å². The van der Waals surface area contributed by atoms with Gasteiger partial charge in [0.15, 0.2) is 0 Å². The molecule has 0 saturated heterocycles. The molecule has 0 heterocycles. The Balaban J connectivity index is 3.72. The Morgan fingerprint density at radius 1 is 1.38 bits per heavy atom. The lowest BCUT2D eigenvalue weighted by Gasteiger charge is -2.14. The third-order valence-corrected chi connectivity index (χ3v) is 3.69. The summed E-state index contributed by atoms with van der Waals surface area (Å²) in [5.41, 5.74) is 6.01. The van der Waals surface area contributed by atoms with E-state index in [1.54, 1.807) is 0 Å². The van der Waals surface area contributed by atoms with Crippen molar-refractivity contribution in [2.45, 2.75) is 27.7 Å². The topological polar surface area (TPSA) is 12.0 Å². The molecule has 0 aromatic carbocycles. The van der Waals surface area contributed by atoms with Gasteiger partial charge in [-0.2, -0.15) is 10.3 Å². The van der Waals surface area contributed by atoms with Crippen LogP contribution < -0.4 is 5.32 Å². The van der Waals surface area contributed by atoms with E-state index in [1.807, 2.05) is 0 Å². The maximum atomic E-state index is 6.01. The summed E-state index contributed by atoms with van der Waals surface area (Å²) < 4.78 is 0. The van der Waals surface area contributed by atoms with Gasteiger partial charge in [0.25, 0.3) is 0 Å². The first-order chi connectivity index (χ1) is 5.95. The Hall–Kier alpha value is -0.170. The van der Waals surface area contributed by atoms with Crippen LogP contribution in [0.15, 0.2) is 11.5 Å². The second-order valence-corrected chi connectivity index (χ2v) is 5.95. The zero-order valence-electron chi connectivity index (χ0n) is 9.30. The molecule has 13 heavy (non-hydrogen) atoms. The average molecular weight is 201 g/mol. The fourth-order valence-electron chi connectivity index (χ4n) is 0.907. The van der Waals surface area contributed by atoms with Gasteiger partial charge in [-0.15, -0.1) is 5.69 Å². The maximum absolute atomic E-state index is 6.01. The average Bonchev–Trinajstić information content (AvgIpc) is 2.02. The standard InChI is InChI=1S/C11H23NS/c1-9(2)7-12-8-13(6)11(5)10(3)4/h6,9-10,12-13H,5,7-8H2,1-4H3. The van der Waals surface area contributed by atoms with Crippen LogP contribution in [0.3, 0.4) is 0 Å². The largest absolute Gasteiger partial charge is 0.308 e. The smallest absolute Gasteiger partial charge is 0.0361 e. The second kappa shape index (κ2) is 6.31. The van der Waals surface area contributed by atoms with Crippen molar-refractivity contribution in [2.24, 2.45) is 11.8 Å². The number of rotatable bonds is 4. The summed E-state index contributed by atoms with van der Waals surface area (Å²) in [7, 11) is -0.517. The third-order valence-electron chi connectivity index (χ3n) is 1.87. The first-order valence-electron chi connectivity index (χ1n) is 4.87. The Labute approximate surface area is 85.2 Å². The highest BCUT2D eigenvalue weighted by atomic mass is 32.2. The van der Waals surface area contributed by atoms with Gasteiger partial charge < -0.3 is 5.32 Å². The van der Waals surface area contributed by atoms with Crippen LogP contribution in [0.2, 0.25) is 0 Å². The molecule has 1 N–H and O–H groups in total. The molecule has 0 aromatic rings. The van der Waals surface area contributed by atoms with Crippen LogP contribution in [0, 0.1) is 17.5 Å². The minimum Gasteiger partial charge on any atom is -0.308 e. The maximum Gasteiger partial charge on any atom is 0.0361 e. The first-order valence-corrected chi connectivity index (χ1v) is 6.46. The molecular weight excluding hydrogens is 178 g/mol. The summed E-state index contributed by atoms with van der Waals surface area (Å²) in [6, 6.07) is 0. The van der Waals surface area contributed by atoms with Crippen LogP contribution in [-0.4, -0.2) is 12.4 Å². The highest BCUT2D eigenvalue weighted by Gasteiger charge is 2.01. The van der Waals surface area contributed by atoms with Crippen LogP contribution in [0.1, 0.15) is 27.7 Å². The molecule has 1 atom stereocenters. The van der Waals surface area contributed by atoms with Gasteiger partial charge in [-0.1, -0.05) is 34.3 Å². The minimum absolute atomic E-state index is 0.511. The van der Waals surface area contributed by atoms with Crippen molar-refractivity contribution in [3.05, 3.63) is 11.5 Å². The van der Waals surface area contributed by atoms with Gasteiger partial charge in [-0.25, -0.2) is 0 Å². The van der Waals surface area contributed by atoms with Crippen molar-refractivity contribution in [3.8, 4) is 5.69 Å². The monoisotopic (exact) mass is 201 g/mol. The van der Waals surface area contributed by atoms with E-state index in [0.29, 0.717) is 11.8 Å². The van der Waals surface area contributed by atoms with Gasteiger partial charge >= 0.3 is 0 Å². The quantitative estimate of drug-likeness (QED) is 0.666. The number of hydrogen-bond donors (Lipinski definition) is 2. The van der Waals surface area contributed by atoms with Crippen LogP contribution >= 0.6 is 10.3 Å². The molecule has 0 bridgehead atoms. The van der Waals surface area contributed by atoms with Gasteiger partial charge in [0, 0.05) is 5.88 Å². The molecule has 78 valence electrons. The van der Waals surface area contributed by atoms with Crippen molar-refractivity contribution in [2.75, 3.05) is 12.4 Å². The predicted octanol–water partition coefficient (Wildman–Crippen LogP) is 2.95. The molecule has 1 nitrogen and oxygen atoms in total. The molecular formula is C11H23NS. The molecule has 2 heteroatoms. The minimum atomic E-state index is -0.517. The Kier molecular flexibility index (Phi) is 6.23. The van der Waals surface area contributed by atoms with Crippen molar-refractivity contribution >= 4 is 10.3 Å². The second-order valence-electron chi connectivity index (χ2n) is 4.12. The van der Waals surface area contributed by atoms with Gasteiger partial charge in [0.1, 0.15) is 0 Å². The van der Waals surface area contributed by atoms with Crippen LogP contribution in [0.4, 0.5) is 0 Å². The molecule has 0 aliphatic heterocycles. The lowest BCUT2D eigenvalue weighted by Crippen LogP contribution is -2.19. The normalized spacial score (nSPS) is 13.6. The summed E-state index contributed by atoms with van der Waals surface area (Å²) in [4.78, 5) is 1.20. The summed E-state index contributed by atoms with van der Waals surface area (Å²) in [6.45, 7) is 13.7. The number of allylic oxidation sites excluding steroid dienone is 1. The molecule has 0 aliphatic rings. The number of hydrogen-bond acceptors (Lipinski definition) is 1. The Morgan fingerprint density at radius 3 is 2.31 bits per heavy atom. The van der Waals surface area contributed by atoms with Gasteiger partial charge in [-0.05, 0) is 23.3 Å². The number of thiol groups is 1. The van der Waals surface area contributed by atoms with Crippen molar-refractivity contribution in [1.82, 2.24) is 5.32 Å². The lowest BCUT2D eigenvalue weighted by atomic mass is 10.2. The first kappa shape index (κ1) is 12.8. The van der Waals surface area contributed by atoms with E-state index in [0.717, 1.165) is 12.4 Å². The van der Waals surface area contributed by atoms with Crippen LogP contribution in [0.25, 0.3) is 0 Å². The Bertz CT molecular complexity index is 220. The summed E-state index contributed by atoms with van der Waals surface area (Å²) in [5.74, 6) is 2.11. The van der Waals surface area contributed by atoms with Crippen LogP contribution in [0.5, 0.6) is 0 Å². The molecule has 0 saturated carbocycles. The highest BCUT2D eigenvalue weighted by molar-refractivity contribution is 8.10. The van der Waals surface area contributed by atoms with Crippen molar-refractivity contribution < 1.29 is 0 Å². The van der Waals surface area contributed by atoms with E-state index in [-0.39, 0.29) is 0 Å². The molecule has 0 rings (SSSR count). The van der Waals surface area contributed by atoms with E-state index < -0.39 is 10.3 Å². The SMILES string of the molecule is C#[SH](CNCC(C)C)C(=C)C(C)C. The molecule has 1 unspecified atom stereocenters. The van der Waals surface area contributed by atoms with Gasteiger partial charge in [0.05, 0.1) is 0 Å². The fraction of sp³-hybridized carbons (Fsp3) is 0.727. The molecule has 0 radical (unpaired) electrons. The predicted molar refractivity (Wildman–Crippen MR) is 65.6 cm³/mol. The summed E-state index contributed by atoms with van der Waals surface area (Å²) in [5, 5.41) is 3.36. The zero-order valence-corrected chi connectivity index (χ0v) is 10.2. The molecule has 0 fully saturated rings. The molecule has 0 spiro atoms. The van der Waals surface area contributed by atoms with Crippen LogP contribution in [-0.2, 0) is 0 Å². The van der Waals surface area contributed by atoms with E-state index in [4.69, 9.17) is 5.69 Å². The zero-order chi connectivity index (χ0) is 10.4. The van der Waals surface area contributed by atoms with Crippen molar-refractivity contribution in [1.29, 1.82) is 0 Å². The lowest BCUT2D eigenvalue weighted by molar-refractivity contribution is 0.588. The third kappa shape index (κ3) is 5.98. The van der Waals surface area contributed by atoms with E-state index in [1.165, 1.54) is 4.91 Å². The number of nitrogens with one attached hydrogen (secondary N) is 1. The molecule has 0 aromatic heterocycles.